The van der Waals surface area contributed by atoms with E-state index in [1.54, 1.807) is 18.2 Å². The van der Waals surface area contributed by atoms with E-state index >= 15 is 0 Å². The molecule has 0 amide bonds. The average molecular weight is 470 g/mol. The highest BCUT2D eigenvalue weighted by atomic mass is 35.5. The highest BCUT2D eigenvalue weighted by Gasteiger charge is 2.47. The molecule has 0 radical (unpaired) electrons. The highest BCUT2D eigenvalue weighted by Crippen LogP contribution is 2.58. The van der Waals surface area contributed by atoms with Crippen molar-refractivity contribution < 1.29 is 15.3 Å². The fourth-order valence-corrected chi connectivity index (χ4v) is 5.31. The van der Waals surface area contributed by atoms with Gasteiger partial charge >= 0.3 is 0 Å². The number of hydrogen-bond acceptors (Lipinski definition) is 3. The van der Waals surface area contributed by atoms with E-state index in [0.717, 1.165) is 22.3 Å². The van der Waals surface area contributed by atoms with Gasteiger partial charge in [-0.2, -0.15) is 0 Å². The summed E-state index contributed by atoms with van der Waals surface area (Å²) in [6.45, 7) is 0. The van der Waals surface area contributed by atoms with Gasteiger partial charge in [-0.1, -0.05) is 83.3 Å². The second-order valence-corrected chi connectivity index (χ2v) is 8.68. The summed E-state index contributed by atoms with van der Waals surface area (Å²) in [5, 5.41) is 30.9. The van der Waals surface area contributed by atoms with Crippen LogP contribution in [-0.2, 0) is 5.41 Å². The van der Waals surface area contributed by atoms with Gasteiger partial charge in [0.05, 0.1) is 20.5 Å². The maximum Gasteiger partial charge on any atom is 0.176 e. The van der Waals surface area contributed by atoms with Crippen LogP contribution in [0.3, 0.4) is 0 Å². The molecule has 31 heavy (non-hydrogen) atoms. The Bertz CT molecular complexity index is 1210. The lowest BCUT2D eigenvalue weighted by Crippen LogP contribution is -2.28. The van der Waals surface area contributed by atoms with Crippen LogP contribution in [0.25, 0.3) is 11.1 Å². The molecule has 3 N–H and O–H groups in total. The van der Waals surface area contributed by atoms with Crippen LogP contribution in [0.2, 0.25) is 15.1 Å². The molecule has 0 aromatic heterocycles. The fourth-order valence-electron chi connectivity index (χ4n) is 4.61. The Kier molecular flexibility index (Phi) is 4.60. The number of hydrogen-bond donors (Lipinski definition) is 3. The molecule has 0 atom stereocenters. The summed E-state index contributed by atoms with van der Waals surface area (Å²) >= 11 is 19.0. The normalized spacial score (nSPS) is 13.6. The van der Waals surface area contributed by atoms with Gasteiger partial charge in [-0.3, -0.25) is 0 Å². The molecule has 0 unspecified atom stereocenters. The van der Waals surface area contributed by atoms with E-state index in [1.807, 2.05) is 48.5 Å². The second kappa shape index (κ2) is 7.10. The molecule has 0 saturated carbocycles. The summed E-state index contributed by atoms with van der Waals surface area (Å²) in [6.07, 6.45) is 0. The first kappa shape index (κ1) is 20.1. The summed E-state index contributed by atoms with van der Waals surface area (Å²) in [7, 11) is 0. The van der Waals surface area contributed by atoms with E-state index in [9.17, 15) is 15.3 Å². The molecule has 0 bridgehead atoms. The van der Waals surface area contributed by atoms with Crippen molar-refractivity contribution in [2.45, 2.75) is 5.41 Å². The number of halogens is 3. The summed E-state index contributed by atoms with van der Waals surface area (Å²) in [6, 6.07) is 22.3. The van der Waals surface area contributed by atoms with E-state index < -0.39 is 5.41 Å². The largest absolute Gasteiger partial charge is 0.505 e. The zero-order chi connectivity index (χ0) is 21.9. The zero-order valence-electron chi connectivity index (χ0n) is 15.9. The predicted molar refractivity (Wildman–Crippen MR) is 124 cm³/mol. The Morgan fingerprint density at radius 3 is 1.45 bits per heavy atom. The second-order valence-electron chi connectivity index (χ2n) is 7.46. The standard InChI is InChI=1S/C25H15Cl3O3/c26-19-9-13(10-20(27)23(19)30)25(14-11-21(28)24(31)22(29)12-14)17-7-3-1-5-15(17)16-6-2-4-8-18(16)25/h1-12,29-31H. The van der Waals surface area contributed by atoms with Gasteiger partial charge in [0.2, 0.25) is 0 Å². The average Bonchev–Trinajstić information content (AvgIpc) is 3.06. The first-order valence-electron chi connectivity index (χ1n) is 9.45. The molecule has 0 heterocycles. The van der Waals surface area contributed by atoms with Crippen LogP contribution >= 0.6 is 34.8 Å². The number of phenolic OH excluding ortho intramolecular Hbond substituents is 3. The van der Waals surface area contributed by atoms with Gasteiger partial charge in [-0.25, -0.2) is 0 Å². The molecule has 0 spiro atoms. The highest BCUT2D eigenvalue weighted by molar-refractivity contribution is 6.37. The van der Waals surface area contributed by atoms with E-state index in [0.29, 0.717) is 11.1 Å². The van der Waals surface area contributed by atoms with Crippen LogP contribution in [0.1, 0.15) is 22.3 Å². The van der Waals surface area contributed by atoms with Gasteiger partial charge in [-0.15, -0.1) is 0 Å². The Labute approximate surface area is 193 Å². The molecule has 0 saturated heterocycles. The van der Waals surface area contributed by atoms with Crippen molar-refractivity contribution in [1.29, 1.82) is 0 Å². The Morgan fingerprint density at radius 1 is 0.548 bits per heavy atom. The van der Waals surface area contributed by atoms with Crippen LogP contribution in [0.5, 0.6) is 17.2 Å². The Morgan fingerprint density at radius 2 is 0.968 bits per heavy atom. The van der Waals surface area contributed by atoms with Crippen LogP contribution in [0, 0.1) is 0 Å². The number of phenols is 3. The lowest BCUT2D eigenvalue weighted by atomic mass is 9.67. The van der Waals surface area contributed by atoms with Crippen LogP contribution in [0.15, 0.2) is 72.8 Å². The maximum atomic E-state index is 10.4. The third-order valence-corrected chi connectivity index (χ3v) is 6.74. The predicted octanol–water partition coefficient (Wildman–Crippen LogP) is 7.13. The van der Waals surface area contributed by atoms with Crippen molar-refractivity contribution in [1.82, 2.24) is 0 Å². The minimum atomic E-state index is -0.941. The van der Waals surface area contributed by atoms with Crippen molar-refractivity contribution in [3.8, 4) is 28.4 Å². The molecule has 4 aromatic rings. The summed E-state index contributed by atoms with van der Waals surface area (Å²) in [5.41, 5.74) is 4.29. The van der Waals surface area contributed by atoms with Gasteiger partial charge in [0.15, 0.2) is 17.2 Å². The monoisotopic (exact) mass is 468 g/mol. The minimum Gasteiger partial charge on any atom is -0.505 e. The molecule has 6 heteroatoms. The molecule has 5 rings (SSSR count). The number of fused-ring (bicyclic) bond motifs is 3. The lowest BCUT2D eigenvalue weighted by molar-refractivity contribution is 0.403. The van der Waals surface area contributed by atoms with Crippen molar-refractivity contribution in [3.05, 3.63) is 110 Å². The smallest absolute Gasteiger partial charge is 0.176 e. The fraction of sp³-hybridized carbons (Fsp3) is 0.0400. The van der Waals surface area contributed by atoms with Crippen molar-refractivity contribution >= 4 is 34.8 Å². The van der Waals surface area contributed by atoms with Crippen molar-refractivity contribution in [3.63, 3.8) is 0 Å². The molecule has 4 aromatic carbocycles. The van der Waals surface area contributed by atoms with Gasteiger partial charge in [0.1, 0.15) is 0 Å². The van der Waals surface area contributed by atoms with Gasteiger partial charge in [-0.05, 0) is 57.6 Å². The maximum absolute atomic E-state index is 10.4. The van der Waals surface area contributed by atoms with E-state index in [1.165, 1.54) is 6.07 Å². The van der Waals surface area contributed by atoms with E-state index in [-0.39, 0.29) is 32.3 Å². The summed E-state index contributed by atoms with van der Waals surface area (Å²) in [5.74, 6) is -0.921. The lowest BCUT2D eigenvalue weighted by Gasteiger charge is -2.34. The van der Waals surface area contributed by atoms with Gasteiger partial charge in [0, 0.05) is 0 Å². The molecular weight excluding hydrogens is 455 g/mol. The van der Waals surface area contributed by atoms with Gasteiger partial charge in [0.25, 0.3) is 0 Å². The molecule has 0 fully saturated rings. The molecule has 0 aliphatic heterocycles. The number of benzene rings is 4. The molecule has 1 aliphatic rings. The first-order valence-corrected chi connectivity index (χ1v) is 10.6. The van der Waals surface area contributed by atoms with Crippen molar-refractivity contribution in [2.75, 3.05) is 0 Å². The summed E-state index contributed by atoms with van der Waals surface area (Å²) < 4.78 is 0. The van der Waals surface area contributed by atoms with Crippen LogP contribution in [-0.4, -0.2) is 15.3 Å². The molecule has 154 valence electrons. The Balaban J connectivity index is 2.00. The zero-order valence-corrected chi connectivity index (χ0v) is 18.2. The van der Waals surface area contributed by atoms with Crippen LogP contribution < -0.4 is 0 Å². The molecule has 1 aliphatic carbocycles. The molecule has 3 nitrogen and oxygen atoms in total. The van der Waals surface area contributed by atoms with Crippen LogP contribution in [0.4, 0.5) is 0 Å². The topological polar surface area (TPSA) is 60.7 Å². The third-order valence-electron chi connectivity index (χ3n) is 5.88. The van der Waals surface area contributed by atoms with Crippen molar-refractivity contribution in [2.24, 2.45) is 0 Å². The third kappa shape index (κ3) is 2.74. The SMILES string of the molecule is Oc1cc(C2(c3cc(Cl)c(O)c(Cl)c3)c3ccccc3-c3ccccc32)cc(Cl)c1O. The number of rotatable bonds is 2. The molecular formula is C25H15Cl3O3. The van der Waals surface area contributed by atoms with Gasteiger partial charge < -0.3 is 15.3 Å². The minimum absolute atomic E-state index is 0.0206. The quantitative estimate of drug-likeness (QED) is 0.241. The Hall–Kier alpha value is -2.85. The van der Waals surface area contributed by atoms with E-state index in [4.69, 9.17) is 34.8 Å². The van der Waals surface area contributed by atoms with E-state index in [2.05, 4.69) is 0 Å². The first-order chi connectivity index (χ1) is 14.9. The number of aromatic hydroxyl groups is 3. The summed E-state index contributed by atoms with van der Waals surface area (Å²) in [4.78, 5) is 0.